The summed E-state index contributed by atoms with van der Waals surface area (Å²) in [5, 5.41) is 0. The Labute approximate surface area is 167 Å². The lowest BCUT2D eigenvalue weighted by atomic mass is 9.99. The molecule has 2 aromatic carbocycles. The molecule has 0 radical (unpaired) electrons. The third-order valence-corrected chi connectivity index (χ3v) is 7.60. The first kappa shape index (κ1) is 19.2. The van der Waals surface area contributed by atoms with E-state index in [2.05, 4.69) is 12.1 Å². The molecule has 148 valence electrons. The van der Waals surface area contributed by atoms with E-state index >= 15 is 0 Å². The third-order valence-electron chi connectivity index (χ3n) is 5.70. The zero-order valence-corrected chi connectivity index (χ0v) is 16.8. The maximum absolute atomic E-state index is 13.1. The van der Waals surface area contributed by atoms with Crippen LogP contribution in [-0.2, 0) is 23.0 Å². The van der Waals surface area contributed by atoms with Gasteiger partial charge in [0, 0.05) is 31.7 Å². The smallest absolute Gasteiger partial charge is 0.254 e. The highest BCUT2D eigenvalue weighted by molar-refractivity contribution is 7.89. The summed E-state index contributed by atoms with van der Waals surface area (Å²) < 4.78 is 27.7. The van der Waals surface area contributed by atoms with Crippen molar-refractivity contribution in [3.8, 4) is 0 Å². The number of carbonyl (C=O) groups is 1. The zero-order chi connectivity index (χ0) is 19.6. The molecule has 4 rings (SSSR count). The quantitative estimate of drug-likeness (QED) is 0.796. The van der Waals surface area contributed by atoms with Crippen molar-refractivity contribution in [1.82, 2.24) is 9.21 Å². The van der Waals surface area contributed by atoms with Gasteiger partial charge in [0.1, 0.15) is 0 Å². The van der Waals surface area contributed by atoms with Crippen LogP contribution in [0, 0.1) is 0 Å². The van der Waals surface area contributed by atoms with Crippen LogP contribution in [0.4, 0.5) is 0 Å². The van der Waals surface area contributed by atoms with Crippen molar-refractivity contribution < 1.29 is 13.2 Å². The summed E-state index contributed by atoms with van der Waals surface area (Å²) in [6.07, 6.45) is 4.76. The number of amides is 1. The molecule has 0 N–H and O–H groups in total. The van der Waals surface area contributed by atoms with Crippen molar-refractivity contribution in [2.45, 2.75) is 43.5 Å². The Morgan fingerprint density at radius 2 is 1.54 bits per heavy atom. The minimum atomic E-state index is -3.56. The van der Waals surface area contributed by atoms with Crippen LogP contribution in [0.3, 0.4) is 0 Å². The number of sulfonamides is 1. The Morgan fingerprint density at radius 3 is 2.29 bits per heavy atom. The van der Waals surface area contributed by atoms with E-state index in [0.29, 0.717) is 31.7 Å². The lowest BCUT2D eigenvalue weighted by Crippen LogP contribution is -2.36. The van der Waals surface area contributed by atoms with E-state index in [1.807, 2.05) is 12.1 Å². The fourth-order valence-corrected chi connectivity index (χ4v) is 5.64. The largest absolute Gasteiger partial charge is 0.334 e. The lowest BCUT2D eigenvalue weighted by Gasteiger charge is -2.29. The van der Waals surface area contributed by atoms with Gasteiger partial charge in [-0.3, -0.25) is 4.79 Å². The standard InChI is InChI=1S/C22H26N2O3S/c25-22(23-15-12-18-8-3-4-9-20(18)17-23)19-10-7-11-21(16-19)28(26,27)24-13-5-1-2-6-14-24/h3-4,7-11,16H,1-2,5-6,12-15,17H2. The normalized spacial score (nSPS) is 18.4. The Hall–Kier alpha value is -2.18. The number of benzene rings is 2. The van der Waals surface area contributed by atoms with Crippen molar-refractivity contribution in [1.29, 1.82) is 0 Å². The molecule has 1 saturated heterocycles. The average molecular weight is 399 g/mol. The highest BCUT2D eigenvalue weighted by Gasteiger charge is 2.27. The maximum atomic E-state index is 13.1. The predicted octanol–water partition coefficient (Wildman–Crippen LogP) is 3.45. The van der Waals surface area contributed by atoms with Gasteiger partial charge in [-0.25, -0.2) is 8.42 Å². The molecule has 0 atom stereocenters. The predicted molar refractivity (Wildman–Crippen MR) is 109 cm³/mol. The first-order valence-corrected chi connectivity index (χ1v) is 11.5. The fraction of sp³-hybridized carbons (Fsp3) is 0.409. The molecule has 0 aromatic heterocycles. The number of hydrogen-bond acceptors (Lipinski definition) is 3. The second kappa shape index (κ2) is 8.05. The van der Waals surface area contributed by atoms with Gasteiger partial charge >= 0.3 is 0 Å². The molecule has 6 heteroatoms. The van der Waals surface area contributed by atoms with Crippen LogP contribution >= 0.6 is 0 Å². The SMILES string of the molecule is O=C(c1cccc(S(=O)(=O)N2CCCCCC2)c1)N1CCc2ccccc2C1. The Morgan fingerprint density at radius 1 is 0.821 bits per heavy atom. The van der Waals surface area contributed by atoms with Crippen LogP contribution < -0.4 is 0 Å². The van der Waals surface area contributed by atoms with Crippen molar-refractivity contribution in [2.75, 3.05) is 19.6 Å². The molecule has 2 heterocycles. The van der Waals surface area contributed by atoms with Crippen LogP contribution in [0.25, 0.3) is 0 Å². The van der Waals surface area contributed by atoms with Gasteiger partial charge in [-0.2, -0.15) is 4.31 Å². The van der Waals surface area contributed by atoms with Crippen molar-refractivity contribution in [3.05, 3.63) is 65.2 Å². The van der Waals surface area contributed by atoms with E-state index in [9.17, 15) is 13.2 Å². The number of rotatable bonds is 3. The molecule has 28 heavy (non-hydrogen) atoms. The summed E-state index contributed by atoms with van der Waals surface area (Å²) in [5.74, 6) is -0.109. The summed E-state index contributed by atoms with van der Waals surface area (Å²) in [5.41, 5.74) is 2.88. The number of fused-ring (bicyclic) bond motifs is 1. The molecule has 1 fully saturated rings. The molecule has 2 aliphatic rings. The Balaban J connectivity index is 1.56. The highest BCUT2D eigenvalue weighted by atomic mass is 32.2. The van der Waals surface area contributed by atoms with E-state index in [4.69, 9.17) is 0 Å². The van der Waals surface area contributed by atoms with Crippen LogP contribution in [0.15, 0.2) is 53.4 Å². The minimum Gasteiger partial charge on any atom is -0.334 e. The van der Waals surface area contributed by atoms with Crippen LogP contribution in [0.1, 0.15) is 47.2 Å². The molecular weight excluding hydrogens is 372 g/mol. The van der Waals surface area contributed by atoms with Gasteiger partial charge in [0.15, 0.2) is 0 Å². The van der Waals surface area contributed by atoms with Crippen LogP contribution in [0.2, 0.25) is 0 Å². The van der Waals surface area contributed by atoms with E-state index < -0.39 is 10.0 Å². The number of nitrogens with zero attached hydrogens (tertiary/aromatic N) is 2. The van der Waals surface area contributed by atoms with Gasteiger partial charge in [-0.1, -0.05) is 43.2 Å². The number of hydrogen-bond donors (Lipinski definition) is 0. The second-order valence-corrected chi connectivity index (χ2v) is 9.53. The van der Waals surface area contributed by atoms with E-state index in [1.54, 1.807) is 33.5 Å². The monoisotopic (exact) mass is 398 g/mol. The first-order valence-electron chi connectivity index (χ1n) is 10.0. The van der Waals surface area contributed by atoms with Gasteiger partial charge in [0.2, 0.25) is 10.0 Å². The van der Waals surface area contributed by atoms with Gasteiger partial charge in [-0.05, 0) is 48.6 Å². The van der Waals surface area contributed by atoms with Crippen LogP contribution in [0.5, 0.6) is 0 Å². The highest BCUT2D eigenvalue weighted by Crippen LogP contribution is 2.24. The van der Waals surface area contributed by atoms with E-state index in [-0.39, 0.29) is 10.8 Å². The van der Waals surface area contributed by atoms with E-state index in [0.717, 1.165) is 37.7 Å². The first-order chi connectivity index (χ1) is 13.6. The van der Waals surface area contributed by atoms with Gasteiger partial charge in [0.25, 0.3) is 5.91 Å². The molecule has 2 aromatic rings. The van der Waals surface area contributed by atoms with Crippen molar-refractivity contribution >= 4 is 15.9 Å². The Bertz CT molecular complexity index is 963. The molecule has 5 nitrogen and oxygen atoms in total. The third kappa shape index (κ3) is 3.84. The summed E-state index contributed by atoms with van der Waals surface area (Å²) in [6.45, 7) is 2.34. The van der Waals surface area contributed by atoms with Crippen molar-refractivity contribution in [3.63, 3.8) is 0 Å². The summed E-state index contributed by atoms with van der Waals surface area (Å²) >= 11 is 0. The van der Waals surface area contributed by atoms with Crippen molar-refractivity contribution in [2.24, 2.45) is 0 Å². The number of carbonyl (C=O) groups excluding carboxylic acids is 1. The summed E-state index contributed by atoms with van der Waals surface area (Å²) in [4.78, 5) is 15.1. The molecule has 2 aliphatic heterocycles. The molecule has 1 amide bonds. The van der Waals surface area contributed by atoms with Crippen LogP contribution in [-0.4, -0.2) is 43.2 Å². The molecule has 0 unspecified atom stereocenters. The van der Waals surface area contributed by atoms with Gasteiger partial charge < -0.3 is 4.90 Å². The zero-order valence-electron chi connectivity index (χ0n) is 16.0. The maximum Gasteiger partial charge on any atom is 0.254 e. The Kier molecular flexibility index (Phi) is 5.51. The minimum absolute atomic E-state index is 0.109. The van der Waals surface area contributed by atoms with E-state index in [1.165, 1.54) is 5.56 Å². The molecular formula is C22H26N2O3S. The fourth-order valence-electron chi connectivity index (χ4n) is 4.07. The average Bonchev–Trinajstić information content (AvgIpc) is 3.03. The molecule has 0 aliphatic carbocycles. The molecule has 0 spiro atoms. The second-order valence-electron chi connectivity index (χ2n) is 7.59. The molecule has 0 bridgehead atoms. The van der Waals surface area contributed by atoms with Gasteiger partial charge in [0.05, 0.1) is 4.90 Å². The van der Waals surface area contributed by atoms with Gasteiger partial charge in [-0.15, -0.1) is 0 Å². The summed E-state index contributed by atoms with van der Waals surface area (Å²) in [7, 11) is -3.56. The summed E-state index contributed by atoms with van der Waals surface area (Å²) in [6, 6.07) is 14.7. The topological polar surface area (TPSA) is 57.7 Å². The molecule has 0 saturated carbocycles. The lowest BCUT2D eigenvalue weighted by molar-refractivity contribution is 0.0734.